The highest BCUT2D eigenvalue weighted by Gasteiger charge is 2.16. The molecule has 4 nitrogen and oxygen atoms in total. The molecule has 4 aromatic rings. The van der Waals surface area contributed by atoms with Gasteiger partial charge in [0.15, 0.2) is 0 Å². The van der Waals surface area contributed by atoms with Gasteiger partial charge in [-0.2, -0.15) is 0 Å². The third kappa shape index (κ3) is 3.65. The minimum atomic E-state index is -0.273. The van der Waals surface area contributed by atoms with Crippen molar-refractivity contribution in [3.63, 3.8) is 0 Å². The van der Waals surface area contributed by atoms with Gasteiger partial charge in [-0.1, -0.05) is 36.4 Å². The second-order valence-electron chi connectivity index (χ2n) is 5.64. The maximum Gasteiger partial charge on any atom is 0.202 e. The average molecular weight is 362 g/mol. The molecule has 6 heteroatoms. The van der Waals surface area contributed by atoms with Crippen LogP contribution in [0.25, 0.3) is 5.69 Å². The summed E-state index contributed by atoms with van der Waals surface area (Å²) in [5.41, 5.74) is 1.96. The highest BCUT2D eigenvalue weighted by atomic mass is 32.2. The van der Waals surface area contributed by atoms with E-state index in [4.69, 9.17) is 0 Å². The molecule has 0 amide bonds. The number of benzene rings is 2. The first kappa shape index (κ1) is 16.5. The van der Waals surface area contributed by atoms with E-state index in [0.29, 0.717) is 11.6 Å². The van der Waals surface area contributed by atoms with Gasteiger partial charge in [0.2, 0.25) is 5.16 Å². The maximum absolute atomic E-state index is 13.4. The summed E-state index contributed by atoms with van der Waals surface area (Å²) in [5.74, 6) is 0.520. The molecule has 0 aliphatic rings. The van der Waals surface area contributed by atoms with Crippen LogP contribution in [0.1, 0.15) is 11.4 Å². The predicted molar refractivity (Wildman–Crippen MR) is 98.9 cm³/mol. The zero-order valence-electron chi connectivity index (χ0n) is 13.8. The van der Waals surface area contributed by atoms with E-state index < -0.39 is 0 Å². The van der Waals surface area contributed by atoms with Gasteiger partial charge in [0.1, 0.15) is 16.7 Å². The number of rotatable bonds is 5. The van der Waals surface area contributed by atoms with E-state index in [-0.39, 0.29) is 5.82 Å². The van der Waals surface area contributed by atoms with Crippen molar-refractivity contribution >= 4 is 11.8 Å². The van der Waals surface area contributed by atoms with E-state index in [1.807, 2.05) is 41.0 Å². The first-order valence-corrected chi connectivity index (χ1v) is 8.94. The summed E-state index contributed by atoms with van der Waals surface area (Å²) >= 11 is 1.43. The molecule has 0 N–H and O–H groups in total. The smallest absolute Gasteiger partial charge is 0.202 e. The monoisotopic (exact) mass is 362 g/mol. The lowest BCUT2D eigenvalue weighted by Crippen LogP contribution is -2.04. The molecule has 2 aromatic carbocycles. The van der Waals surface area contributed by atoms with Crippen LogP contribution in [0.5, 0.6) is 0 Å². The van der Waals surface area contributed by atoms with Crippen molar-refractivity contribution in [2.75, 3.05) is 0 Å². The van der Waals surface area contributed by atoms with Crippen LogP contribution in [0.4, 0.5) is 4.39 Å². The van der Waals surface area contributed by atoms with Gasteiger partial charge in [-0.3, -0.25) is 4.57 Å². The van der Waals surface area contributed by atoms with Gasteiger partial charge in [0.25, 0.3) is 0 Å². The van der Waals surface area contributed by atoms with Crippen LogP contribution in [0, 0.1) is 5.82 Å². The van der Waals surface area contributed by atoms with Gasteiger partial charge in [0, 0.05) is 18.3 Å². The van der Waals surface area contributed by atoms with Crippen LogP contribution in [-0.4, -0.2) is 19.7 Å². The fraction of sp³-hybridized carbons (Fsp3) is 0.0500. The molecule has 2 aromatic heterocycles. The molecule has 0 saturated heterocycles. The number of hydrogen-bond donors (Lipinski definition) is 0. The van der Waals surface area contributed by atoms with Gasteiger partial charge >= 0.3 is 0 Å². The van der Waals surface area contributed by atoms with E-state index in [2.05, 4.69) is 27.3 Å². The van der Waals surface area contributed by atoms with Crippen LogP contribution in [0.3, 0.4) is 0 Å². The summed E-state index contributed by atoms with van der Waals surface area (Å²) in [4.78, 5) is 4.34. The van der Waals surface area contributed by atoms with Crippen molar-refractivity contribution in [2.45, 2.75) is 16.6 Å². The minimum Gasteiger partial charge on any atom is -0.273 e. The second-order valence-corrected chi connectivity index (χ2v) is 6.63. The van der Waals surface area contributed by atoms with Crippen LogP contribution in [0.15, 0.2) is 89.2 Å². The summed E-state index contributed by atoms with van der Waals surface area (Å²) < 4.78 is 15.3. The Labute approximate surface area is 154 Å². The molecule has 0 aliphatic carbocycles. The van der Waals surface area contributed by atoms with Gasteiger partial charge in [0.05, 0.1) is 0 Å². The molecule has 0 unspecified atom stereocenters. The molecular weight excluding hydrogens is 347 g/mol. The molecule has 0 bridgehead atoms. The summed E-state index contributed by atoms with van der Waals surface area (Å²) in [6, 6.07) is 22.1. The third-order valence-electron chi connectivity index (χ3n) is 3.82. The summed E-state index contributed by atoms with van der Waals surface area (Å²) in [6.07, 6.45) is 2.37. The van der Waals surface area contributed by atoms with Crippen molar-refractivity contribution in [1.29, 1.82) is 0 Å². The fourth-order valence-electron chi connectivity index (χ4n) is 2.61. The Bertz CT molecular complexity index is 927. The molecule has 26 heavy (non-hydrogen) atoms. The van der Waals surface area contributed by atoms with E-state index in [9.17, 15) is 4.39 Å². The van der Waals surface area contributed by atoms with E-state index in [1.54, 1.807) is 18.3 Å². The van der Waals surface area contributed by atoms with Crippen LogP contribution >= 0.6 is 11.8 Å². The highest BCUT2D eigenvalue weighted by Crippen LogP contribution is 2.28. The van der Waals surface area contributed by atoms with E-state index in [0.717, 1.165) is 22.1 Å². The molecule has 2 heterocycles. The number of halogens is 1. The van der Waals surface area contributed by atoms with Crippen LogP contribution < -0.4 is 0 Å². The normalized spacial score (nSPS) is 10.8. The SMILES string of the molecule is Fc1ccc(-n2c(Cc3ccccc3)nnc2Sc2ccccn2)cc1. The first-order valence-electron chi connectivity index (χ1n) is 8.12. The topological polar surface area (TPSA) is 43.6 Å². The molecular formula is C20H15FN4S. The van der Waals surface area contributed by atoms with E-state index in [1.165, 1.54) is 23.9 Å². The molecule has 0 saturated carbocycles. The first-order chi connectivity index (χ1) is 12.8. The van der Waals surface area contributed by atoms with Crippen molar-refractivity contribution in [1.82, 2.24) is 19.7 Å². The average Bonchev–Trinajstić information content (AvgIpc) is 3.06. The summed E-state index contributed by atoms with van der Waals surface area (Å²) in [7, 11) is 0. The van der Waals surface area contributed by atoms with Gasteiger partial charge < -0.3 is 0 Å². The number of aromatic nitrogens is 4. The number of nitrogens with zero attached hydrogens (tertiary/aromatic N) is 4. The van der Waals surface area contributed by atoms with Crippen molar-refractivity contribution in [3.8, 4) is 5.69 Å². The van der Waals surface area contributed by atoms with Crippen molar-refractivity contribution < 1.29 is 4.39 Å². The fourth-order valence-corrected chi connectivity index (χ4v) is 3.44. The second kappa shape index (κ2) is 7.49. The Balaban J connectivity index is 1.75. The van der Waals surface area contributed by atoms with E-state index >= 15 is 0 Å². The molecule has 0 spiro atoms. The molecule has 0 radical (unpaired) electrons. The molecule has 128 valence electrons. The lowest BCUT2D eigenvalue weighted by molar-refractivity contribution is 0.627. The molecule has 4 rings (SSSR count). The Morgan fingerprint density at radius 1 is 0.846 bits per heavy atom. The standard InChI is InChI=1S/C20H15FN4S/c21-16-9-11-17(12-10-16)25-18(14-15-6-2-1-3-7-15)23-24-20(25)26-19-8-4-5-13-22-19/h1-13H,14H2. The molecule has 0 fully saturated rings. The Morgan fingerprint density at radius 3 is 2.35 bits per heavy atom. The van der Waals surface area contributed by atoms with Crippen molar-refractivity contribution in [3.05, 3.63) is 96.2 Å². The highest BCUT2D eigenvalue weighted by molar-refractivity contribution is 7.99. The van der Waals surface area contributed by atoms with Crippen LogP contribution in [0.2, 0.25) is 0 Å². The minimum absolute atomic E-state index is 0.273. The molecule has 0 atom stereocenters. The largest absolute Gasteiger partial charge is 0.273 e. The zero-order valence-corrected chi connectivity index (χ0v) is 14.6. The number of hydrogen-bond acceptors (Lipinski definition) is 4. The molecule has 0 aliphatic heterocycles. The van der Waals surface area contributed by atoms with Crippen molar-refractivity contribution in [2.24, 2.45) is 0 Å². The summed E-state index contributed by atoms with van der Waals surface area (Å²) in [5, 5.41) is 10.2. The lowest BCUT2D eigenvalue weighted by Gasteiger charge is -2.10. The van der Waals surface area contributed by atoms with Crippen LogP contribution in [-0.2, 0) is 6.42 Å². The van der Waals surface area contributed by atoms with Gasteiger partial charge in [-0.15, -0.1) is 10.2 Å². The quantitative estimate of drug-likeness (QED) is 0.523. The predicted octanol–water partition coefficient (Wildman–Crippen LogP) is 4.54. The summed E-state index contributed by atoms with van der Waals surface area (Å²) in [6.45, 7) is 0. The number of pyridine rings is 1. The Morgan fingerprint density at radius 2 is 1.62 bits per heavy atom. The maximum atomic E-state index is 13.4. The zero-order chi connectivity index (χ0) is 17.8. The van der Waals surface area contributed by atoms with Gasteiger partial charge in [-0.25, -0.2) is 9.37 Å². The van der Waals surface area contributed by atoms with Gasteiger partial charge in [-0.05, 0) is 53.7 Å². The Hall–Kier alpha value is -2.99. The third-order valence-corrected chi connectivity index (χ3v) is 4.72. The Kier molecular flexibility index (Phi) is 4.75. The lowest BCUT2D eigenvalue weighted by atomic mass is 10.1.